The average molecular weight is 358 g/mol. The first-order chi connectivity index (χ1) is 12.6. The van der Waals surface area contributed by atoms with Gasteiger partial charge < -0.3 is 24.8 Å². The molecular weight excluding hydrogens is 332 g/mol. The van der Waals surface area contributed by atoms with Crippen molar-refractivity contribution in [3.8, 4) is 11.5 Å². The molecule has 0 saturated carbocycles. The van der Waals surface area contributed by atoms with Gasteiger partial charge in [0.15, 0.2) is 0 Å². The summed E-state index contributed by atoms with van der Waals surface area (Å²) >= 11 is 0. The highest BCUT2D eigenvalue weighted by Crippen LogP contribution is 2.23. The smallest absolute Gasteiger partial charge is 0.224 e. The maximum Gasteiger partial charge on any atom is 0.224 e. The molecule has 2 aromatic rings. The Morgan fingerprint density at radius 2 is 1.58 bits per heavy atom. The van der Waals surface area contributed by atoms with E-state index in [4.69, 9.17) is 14.2 Å². The highest BCUT2D eigenvalue weighted by molar-refractivity contribution is 5.78. The minimum Gasteiger partial charge on any atom is -0.497 e. The van der Waals surface area contributed by atoms with E-state index in [9.17, 15) is 4.79 Å². The van der Waals surface area contributed by atoms with Gasteiger partial charge in [-0.25, -0.2) is 0 Å². The molecule has 2 rings (SSSR count). The van der Waals surface area contributed by atoms with Crippen molar-refractivity contribution in [1.82, 2.24) is 5.32 Å². The fraction of sp³-hybridized carbons (Fsp3) is 0.350. The lowest BCUT2D eigenvalue weighted by Gasteiger charge is -2.11. The van der Waals surface area contributed by atoms with Crippen molar-refractivity contribution in [2.45, 2.75) is 13.0 Å². The van der Waals surface area contributed by atoms with Crippen LogP contribution in [0.1, 0.15) is 11.1 Å². The SMILES string of the molecule is COCCNC(=O)Cc1ccc(NCc2cc(OC)cc(OC)c2)cc1. The van der Waals surface area contributed by atoms with Gasteiger partial charge >= 0.3 is 0 Å². The first kappa shape index (κ1) is 19.6. The number of amides is 1. The molecule has 2 N–H and O–H groups in total. The number of hydrogen-bond acceptors (Lipinski definition) is 5. The lowest BCUT2D eigenvalue weighted by Crippen LogP contribution is -2.28. The van der Waals surface area contributed by atoms with Gasteiger partial charge in [0, 0.05) is 32.0 Å². The minimum atomic E-state index is -0.00812. The van der Waals surface area contributed by atoms with Crippen LogP contribution < -0.4 is 20.1 Å². The topological polar surface area (TPSA) is 68.8 Å². The maximum atomic E-state index is 11.8. The molecule has 0 spiro atoms. The molecule has 2 aromatic carbocycles. The Hall–Kier alpha value is -2.73. The van der Waals surface area contributed by atoms with E-state index >= 15 is 0 Å². The summed E-state index contributed by atoms with van der Waals surface area (Å²) in [4.78, 5) is 11.8. The molecule has 6 nitrogen and oxygen atoms in total. The third-order valence-corrected chi connectivity index (χ3v) is 3.85. The van der Waals surface area contributed by atoms with Gasteiger partial charge in [-0.15, -0.1) is 0 Å². The molecule has 0 bridgehead atoms. The quantitative estimate of drug-likeness (QED) is 0.639. The second-order valence-corrected chi connectivity index (χ2v) is 5.79. The number of carbonyl (C=O) groups excluding carboxylic acids is 1. The fourth-order valence-electron chi connectivity index (χ4n) is 2.45. The number of nitrogens with one attached hydrogen (secondary N) is 2. The Morgan fingerprint density at radius 1 is 0.923 bits per heavy atom. The zero-order valence-corrected chi connectivity index (χ0v) is 15.5. The van der Waals surface area contributed by atoms with Crippen molar-refractivity contribution in [1.29, 1.82) is 0 Å². The summed E-state index contributed by atoms with van der Waals surface area (Å²) in [6.07, 6.45) is 0.358. The highest BCUT2D eigenvalue weighted by atomic mass is 16.5. The predicted octanol–water partition coefficient (Wildman–Crippen LogP) is 2.62. The van der Waals surface area contributed by atoms with Crippen LogP contribution in [0.15, 0.2) is 42.5 Å². The molecular formula is C20H26N2O4. The number of benzene rings is 2. The highest BCUT2D eigenvalue weighted by Gasteiger charge is 2.04. The molecule has 140 valence electrons. The molecule has 0 heterocycles. The molecule has 0 aliphatic carbocycles. The van der Waals surface area contributed by atoms with Gasteiger partial charge in [-0.05, 0) is 35.4 Å². The first-order valence-corrected chi connectivity index (χ1v) is 8.45. The standard InChI is InChI=1S/C20H26N2O4/c1-24-9-8-21-20(23)12-15-4-6-17(7-5-15)22-14-16-10-18(25-2)13-19(11-16)26-3/h4-7,10-11,13,22H,8-9,12,14H2,1-3H3,(H,21,23). The second-order valence-electron chi connectivity index (χ2n) is 5.79. The van der Waals surface area contributed by atoms with E-state index < -0.39 is 0 Å². The zero-order valence-electron chi connectivity index (χ0n) is 15.5. The van der Waals surface area contributed by atoms with Crippen LogP contribution in [0, 0.1) is 0 Å². The third-order valence-electron chi connectivity index (χ3n) is 3.85. The molecule has 0 radical (unpaired) electrons. The normalized spacial score (nSPS) is 10.3. The summed E-state index contributed by atoms with van der Waals surface area (Å²) in [5.74, 6) is 1.51. The predicted molar refractivity (Wildman–Crippen MR) is 102 cm³/mol. The molecule has 0 saturated heterocycles. The fourth-order valence-corrected chi connectivity index (χ4v) is 2.45. The zero-order chi connectivity index (χ0) is 18.8. The van der Waals surface area contributed by atoms with E-state index in [-0.39, 0.29) is 5.91 Å². The van der Waals surface area contributed by atoms with Crippen molar-refractivity contribution in [2.75, 3.05) is 39.8 Å². The molecule has 1 amide bonds. The summed E-state index contributed by atoms with van der Waals surface area (Å²) in [6, 6.07) is 13.6. The van der Waals surface area contributed by atoms with Gasteiger partial charge in [0.2, 0.25) is 5.91 Å². The Labute approximate surface area is 154 Å². The molecule has 0 atom stereocenters. The van der Waals surface area contributed by atoms with Gasteiger partial charge in [0.05, 0.1) is 27.2 Å². The summed E-state index contributed by atoms with van der Waals surface area (Å²) < 4.78 is 15.5. The van der Waals surface area contributed by atoms with E-state index in [0.717, 1.165) is 28.3 Å². The van der Waals surface area contributed by atoms with Crippen LogP contribution in [0.4, 0.5) is 5.69 Å². The van der Waals surface area contributed by atoms with Gasteiger partial charge in [0.25, 0.3) is 0 Å². The number of anilines is 1. The van der Waals surface area contributed by atoms with Crippen LogP contribution in [0.2, 0.25) is 0 Å². The van der Waals surface area contributed by atoms with Crippen LogP contribution >= 0.6 is 0 Å². The summed E-state index contributed by atoms with van der Waals surface area (Å²) in [5.41, 5.74) is 3.01. The monoisotopic (exact) mass is 358 g/mol. The van der Waals surface area contributed by atoms with Crippen molar-refractivity contribution >= 4 is 11.6 Å². The van der Waals surface area contributed by atoms with E-state index in [1.54, 1.807) is 21.3 Å². The Morgan fingerprint density at radius 3 is 2.15 bits per heavy atom. The molecule has 0 aliphatic heterocycles. The van der Waals surface area contributed by atoms with Gasteiger partial charge in [-0.1, -0.05) is 12.1 Å². The van der Waals surface area contributed by atoms with Crippen molar-refractivity contribution in [2.24, 2.45) is 0 Å². The maximum absolute atomic E-state index is 11.8. The van der Waals surface area contributed by atoms with Crippen molar-refractivity contribution in [3.63, 3.8) is 0 Å². The van der Waals surface area contributed by atoms with Gasteiger partial charge in [-0.2, -0.15) is 0 Å². The number of hydrogen-bond donors (Lipinski definition) is 2. The summed E-state index contributed by atoms with van der Waals surface area (Å²) in [6.45, 7) is 1.69. The number of ether oxygens (including phenoxy) is 3. The average Bonchev–Trinajstić information content (AvgIpc) is 2.67. The largest absolute Gasteiger partial charge is 0.497 e. The van der Waals surface area contributed by atoms with E-state index in [2.05, 4.69) is 10.6 Å². The molecule has 0 aliphatic rings. The van der Waals surface area contributed by atoms with Crippen LogP contribution in [-0.4, -0.2) is 40.4 Å². The summed E-state index contributed by atoms with van der Waals surface area (Å²) in [7, 11) is 4.88. The Kier molecular flexibility index (Phi) is 7.76. The van der Waals surface area contributed by atoms with Crippen LogP contribution in [0.5, 0.6) is 11.5 Å². The Balaban J connectivity index is 1.88. The third kappa shape index (κ3) is 6.29. The van der Waals surface area contributed by atoms with Crippen molar-refractivity contribution < 1.29 is 19.0 Å². The van der Waals surface area contributed by atoms with Crippen LogP contribution in [-0.2, 0) is 22.5 Å². The minimum absolute atomic E-state index is 0.00812. The van der Waals surface area contributed by atoms with Gasteiger partial charge in [-0.3, -0.25) is 4.79 Å². The molecule has 0 aromatic heterocycles. The van der Waals surface area contributed by atoms with Crippen molar-refractivity contribution in [3.05, 3.63) is 53.6 Å². The van der Waals surface area contributed by atoms with Crippen LogP contribution in [0.3, 0.4) is 0 Å². The van der Waals surface area contributed by atoms with Crippen LogP contribution in [0.25, 0.3) is 0 Å². The number of methoxy groups -OCH3 is 3. The Bertz CT molecular complexity index is 679. The lowest BCUT2D eigenvalue weighted by molar-refractivity contribution is -0.120. The lowest BCUT2D eigenvalue weighted by atomic mass is 10.1. The van der Waals surface area contributed by atoms with E-state index in [0.29, 0.717) is 26.1 Å². The number of carbonyl (C=O) groups is 1. The number of rotatable bonds is 10. The first-order valence-electron chi connectivity index (χ1n) is 8.45. The second kappa shape index (κ2) is 10.3. The molecule has 0 fully saturated rings. The van der Waals surface area contributed by atoms with Gasteiger partial charge in [0.1, 0.15) is 11.5 Å². The van der Waals surface area contributed by atoms with E-state index in [1.165, 1.54) is 0 Å². The molecule has 6 heteroatoms. The van der Waals surface area contributed by atoms with E-state index in [1.807, 2.05) is 42.5 Å². The summed E-state index contributed by atoms with van der Waals surface area (Å²) in [5, 5.41) is 6.17. The molecule has 26 heavy (non-hydrogen) atoms. The molecule has 0 unspecified atom stereocenters.